The van der Waals surface area contributed by atoms with Gasteiger partial charge in [-0.3, -0.25) is 0 Å². The molecule has 0 fully saturated rings. The largest absolute Gasteiger partial charge is 0.311 e. The van der Waals surface area contributed by atoms with Crippen LogP contribution in [-0.4, -0.2) is 11.5 Å². The van der Waals surface area contributed by atoms with E-state index in [0.717, 1.165) is 29.0 Å². The lowest BCUT2D eigenvalue weighted by molar-refractivity contribution is 0.644. The summed E-state index contributed by atoms with van der Waals surface area (Å²) in [4.78, 5) is 6.15. The smallest absolute Gasteiger partial charge is 0.123 e. The summed E-state index contributed by atoms with van der Waals surface area (Å²) in [5.74, 6) is 0. The van der Waals surface area contributed by atoms with Crippen molar-refractivity contribution in [1.82, 2.24) is 10.3 Å². The minimum atomic E-state index is 0.975. The fourth-order valence-electron chi connectivity index (χ4n) is 2.03. The van der Waals surface area contributed by atoms with Gasteiger partial charge in [0.05, 0.1) is 5.69 Å². The number of hydrogen-bond donors (Lipinski definition) is 1. The van der Waals surface area contributed by atoms with Crippen molar-refractivity contribution >= 4 is 27.3 Å². The van der Waals surface area contributed by atoms with Gasteiger partial charge in [0.25, 0.3) is 0 Å². The van der Waals surface area contributed by atoms with Gasteiger partial charge in [0.1, 0.15) is 5.01 Å². The van der Waals surface area contributed by atoms with Gasteiger partial charge in [-0.05, 0) is 24.6 Å². The van der Waals surface area contributed by atoms with Crippen molar-refractivity contribution in [2.24, 2.45) is 0 Å². The molecule has 0 amide bonds. The third-order valence-corrected chi connectivity index (χ3v) is 5.04. The molecule has 0 spiro atoms. The number of nitrogens with one attached hydrogen (secondary N) is 1. The number of thiazole rings is 1. The zero-order valence-electron chi connectivity index (χ0n) is 9.59. The Hall–Kier alpha value is -0.710. The average Bonchev–Trinajstić information content (AvgIpc) is 2.76. The first-order valence-corrected chi connectivity index (χ1v) is 7.31. The summed E-state index contributed by atoms with van der Waals surface area (Å²) >= 11 is 5.35. The Morgan fingerprint density at radius 3 is 3.06 bits per heavy atom. The third kappa shape index (κ3) is 2.17. The molecule has 0 aliphatic carbocycles. The SMILES string of the molecule is Cc1cc(-c2nc3c(s2)CNCC3)ccc1Br. The van der Waals surface area contributed by atoms with E-state index in [1.807, 2.05) is 11.3 Å². The third-order valence-electron chi connectivity index (χ3n) is 3.01. The van der Waals surface area contributed by atoms with Crippen molar-refractivity contribution in [2.45, 2.75) is 19.9 Å². The lowest BCUT2D eigenvalue weighted by Gasteiger charge is -2.09. The Morgan fingerprint density at radius 2 is 2.29 bits per heavy atom. The molecule has 17 heavy (non-hydrogen) atoms. The fraction of sp³-hybridized carbons (Fsp3) is 0.308. The van der Waals surface area contributed by atoms with Crippen molar-refractivity contribution in [3.8, 4) is 10.6 Å². The Morgan fingerprint density at radius 1 is 1.41 bits per heavy atom. The molecule has 2 heterocycles. The van der Waals surface area contributed by atoms with E-state index in [0.29, 0.717) is 0 Å². The molecule has 1 aliphatic heterocycles. The molecule has 1 aromatic carbocycles. The molecule has 0 saturated carbocycles. The van der Waals surface area contributed by atoms with Crippen molar-refractivity contribution in [1.29, 1.82) is 0 Å². The molecule has 1 N–H and O–H groups in total. The first kappa shape index (κ1) is 11.4. The van der Waals surface area contributed by atoms with Crippen LogP contribution >= 0.6 is 27.3 Å². The first-order valence-electron chi connectivity index (χ1n) is 5.70. The van der Waals surface area contributed by atoms with Crippen molar-refractivity contribution in [3.63, 3.8) is 0 Å². The van der Waals surface area contributed by atoms with Gasteiger partial charge in [0, 0.05) is 34.4 Å². The van der Waals surface area contributed by atoms with E-state index in [9.17, 15) is 0 Å². The van der Waals surface area contributed by atoms with Gasteiger partial charge in [-0.25, -0.2) is 4.98 Å². The van der Waals surface area contributed by atoms with Crippen molar-refractivity contribution in [3.05, 3.63) is 38.8 Å². The van der Waals surface area contributed by atoms with E-state index in [-0.39, 0.29) is 0 Å². The molecular weight excluding hydrogens is 296 g/mol. The molecule has 0 unspecified atom stereocenters. The summed E-state index contributed by atoms with van der Waals surface area (Å²) < 4.78 is 1.16. The van der Waals surface area contributed by atoms with Crippen molar-refractivity contribution < 1.29 is 0 Å². The predicted octanol–water partition coefficient (Wildman–Crippen LogP) is 3.53. The summed E-state index contributed by atoms with van der Waals surface area (Å²) in [6.45, 7) is 4.14. The molecule has 1 aromatic heterocycles. The number of halogens is 1. The Balaban J connectivity index is 2.03. The van der Waals surface area contributed by atoms with Crippen molar-refractivity contribution in [2.75, 3.05) is 6.54 Å². The van der Waals surface area contributed by atoms with E-state index >= 15 is 0 Å². The monoisotopic (exact) mass is 308 g/mol. The maximum atomic E-state index is 4.76. The number of hydrogen-bond acceptors (Lipinski definition) is 3. The van der Waals surface area contributed by atoms with Gasteiger partial charge in [-0.1, -0.05) is 22.0 Å². The van der Waals surface area contributed by atoms with E-state index in [1.165, 1.54) is 21.7 Å². The van der Waals surface area contributed by atoms with Gasteiger partial charge in [-0.15, -0.1) is 11.3 Å². The second-order valence-electron chi connectivity index (χ2n) is 4.28. The summed E-state index contributed by atoms with van der Waals surface area (Å²) in [6.07, 6.45) is 1.06. The molecule has 0 bridgehead atoms. The van der Waals surface area contributed by atoms with E-state index in [1.54, 1.807) is 0 Å². The maximum absolute atomic E-state index is 4.76. The van der Waals surface area contributed by atoms with Gasteiger partial charge < -0.3 is 5.32 Å². The highest BCUT2D eigenvalue weighted by atomic mass is 79.9. The van der Waals surface area contributed by atoms with Crippen LogP contribution in [0.15, 0.2) is 22.7 Å². The minimum absolute atomic E-state index is 0.975. The second-order valence-corrected chi connectivity index (χ2v) is 6.22. The molecule has 88 valence electrons. The van der Waals surface area contributed by atoms with Gasteiger partial charge >= 0.3 is 0 Å². The molecule has 0 radical (unpaired) electrons. The van der Waals surface area contributed by atoms with Crippen LogP contribution in [0.1, 0.15) is 16.1 Å². The highest BCUT2D eigenvalue weighted by molar-refractivity contribution is 9.10. The molecule has 1 aliphatic rings. The number of rotatable bonds is 1. The Kier molecular flexibility index (Phi) is 3.03. The van der Waals surface area contributed by atoms with Crippen LogP contribution in [0, 0.1) is 6.92 Å². The summed E-state index contributed by atoms with van der Waals surface area (Å²) in [5.41, 5.74) is 3.77. The molecule has 0 saturated heterocycles. The zero-order valence-corrected chi connectivity index (χ0v) is 12.0. The average molecular weight is 309 g/mol. The molecule has 2 aromatic rings. The Labute approximate surface area is 113 Å². The van der Waals surface area contributed by atoms with Crippen LogP contribution in [-0.2, 0) is 13.0 Å². The van der Waals surface area contributed by atoms with Crippen LogP contribution in [0.25, 0.3) is 10.6 Å². The van der Waals surface area contributed by atoms with E-state index in [4.69, 9.17) is 4.98 Å². The van der Waals surface area contributed by atoms with Gasteiger partial charge in [0.15, 0.2) is 0 Å². The quantitative estimate of drug-likeness (QED) is 0.872. The van der Waals surface area contributed by atoms with Crippen LogP contribution in [0.2, 0.25) is 0 Å². The van der Waals surface area contributed by atoms with Gasteiger partial charge in [-0.2, -0.15) is 0 Å². The summed E-state index contributed by atoms with van der Waals surface area (Å²) in [6, 6.07) is 6.43. The minimum Gasteiger partial charge on any atom is -0.311 e. The number of fused-ring (bicyclic) bond motifs is 1. The summed E-state index contributed by atoms with van der Waals surface area (Å²) in [7, 11) is 0. The first-order chi connectivity index (χ1) is 8.24. The maximum Gasteiger partial charge on any atom is 0.123 e. The highest BCUT2D eigenvalue weighted by Gasteiger charge is 2.15. The van der Waals surface area contributed by atoms with Crippen LogP contribution in [0.5, 0.6) is 0 Å². The fourth-order valence-corrected chi connectivity index (χ4v) is 3.35. The molecule has 3 rings (SSSR count). The number of nitrogens with zero attached hydrogens (tertiary/aromatic N) is 1. The highest BCUT2D eigenvalue weighted by Crippen LogP contribution is 2.31. The lowest BCUT2D eigenvalue weighted by Crippen LogP contribution is -2.22. The molecule has 0 atom stereocenters. The number of benzene rings is 1. The van der Waals surface area contributed by atoms with Crippen LogP contribution in [0.4, 0.5) is 0 Å². The zero-order chi connectivity index (χ0) is 11.8. The standard InChI is InChI=1S/C13H13BrN2S/c1-8-6-9(2-3-10(8)14)13-16-11-4-5-15-7-12(11)17-13/h2-3,6,15H,4-5,7H2,1H3. The summed E-state index contributed by atoms with van der Waals surface area (Å²) in [5, 5.41) is 4.54. The molecular formula is C13H13BrN2S. The normalized spacial score (nSPS) is 14.7. The predicted molar refractivity (Wildman–Crippen MR) is 75.4 cm³/mol. The molecule has 2 nitrogen and oxygen atoms in total. The topological polar surface area (TPSA) is 24.9 Å². The number of aryl methyl sites for hydroxylation is 1. The van der Waals surface area contributed by atoms with E-state index in [2.05, 4.69) is 46.4 Å². The lowest BCUT2D eigenvalue weighted by atomic mass is 10.1. The van der Waals surface area contributed by atoms with E-state index < -0.39 is 0 Å². The molecule has 4 heteroatoms. The second kappa shape index (κ2) is 4.52. The van der Waals surface area contributed by atoms with Crippen LogP contribution in [0.3, 0.4) is 0 Å². The Bertz CT molecular complexity index is 539. The van der Waals surface area contributed by atoms with Gasteiger partial charge in [0.2, 0.25) is 0 Å². The van der Waals surface area contributed by atoms with Crippen LogP contribution < -0.4 is 5.32 Å². The number of aromatic nitrogens is 1.